The minimum Gasteiger partial charge on any atom is -0.506 e. The standard InChI is InChI=1S/C15H14BrClN2O2/c1-18-15(21)11-7-10(5-6-13(11)17)19-8-9-3-2-4-12(16)14(9)20/h2-7,19-20H,8H2,1H3,(H,18,21). The van der Waals surface area contributed by atoms with Crippen LogP contribution >= 0.6 is 27.5 Å². The van der Waals surface area contributed by atoms with E-state index in [1.165, 1.54) is 0 Å². The van der Waals surface area contributed by atoms with Crippen molar-refractivity contribution in [3.8, 4) is 5.75 Å². The number of hydrogen-bond donors (Lipinski definition) is 3. The monoisotopic (exact) mass is 368 g/mol. The maximum Gasteiger partial charge on any atom is 0.252 e. The van der Waals surface area contributed by atoms with Crippen molar-refractivity contribution >= 4 is 39.1 Å². The molecular weight excluding hydrogens is 356 g/mol. The highest BCUT2D eigenvalue weighted by atomic mass is 79.9. The SMILES string of the molecule is CNC(=O)c1cc(NCc2cccc(Br)c2O)ccc1Cl. The van der Waals surface area contributed by atoms with Crippen molar-refractivity contribution in [3.63, 3.8) is 0 Å². The Morgan fingerprint density at radius 3 is 2.81 bits per heavy atom. The van der Waals surface area contributed by atoms with E-state index >= 15 is 0 Å². The maximum atomic E-state index is 11.7. The van der Waals surface area contributed by atoms with Gasteiger partial charge in [-0.3, -0.25) is 4.79 Å². The third-order valence-electron chi connectivity index (χ3n) is 2.99. The number of halogens is 2. The van der Waals surface area contributed by atoms with Crippen LogP contribution in [0.3, 0.4) is 0 Å². The summed E-state index contributed by atoms with van der Waals surface area (Å²) in [6.45, 7) is 0.431. The van der Waals surface area contributed by atoms with Crippen molar-refractivity contribution < 1.29 is 9.90 Å². The molecule has 0 atom stereocenters. The first-order valence-corrected chi connectivity index (χ1v) is 7.42. The number of carbonyl (C=O) groups is 1. The first-order valence-electron chi connectivity index (χ1n) is 6.24. The van der Waals surface area contributed by atoms with E-state index < -0.39 is 0 Å². The van der Waals surface area contributed by atoms with Crippen LogP contribution in [-0.2, 0) is 6.54 Å². The molecule has 0 aliphatic heterocycles. The zero-order chi connectivity index (χ0) is 15.4. The third-order valence-corrected chi connectivity index (χ3v) is 3.96. The van der Waals surface area contributed by atoms with Crippen LogP contribution in [-0.4, -0.2) is 18.1 Å². The van der Waals surface area contributed by atoms with Crippen molar-refractivity contribution in [2.24, 2.45) is 0 Å². The van der Waals surface area contributed by atoms with E-state index in [0.29, 0.717) is 21.6 Å². The van der Waals surface area contributed by atoms with E-state index in [1.54, 1.807) is 31.3 Å². The number of hydrogen-bond acceptors (Lipinski definition) is 3. The second-order valence-electron chi connectivity index (χ2n) is 4.37. The lowest BCUT2D eigenvalue weighted by Gasteiger charge is -2.11. The molecular formula is C15H14BrClN2O2. The Kier molecular flexibility index (Phi) is 5.09. The van der Waals surface area contributed by atoms with Gasteiger partial charge in [0.1, 0.15) is 5.75 Å². The lowest BCUT2D eigenvalue weighted by atomic mass is 10.1. The van der Waals surface area contributed by atoms with Gasteiger partial charge in [-0.25, -0.2) is 0 Å². The summed E-state index contributed by atoms with van der Waals surface area (Å²) in [5.41, 5.74) is 1.90. The fourth-order valence-corrected chi connectivity index (χ4v) is 2.45. The minimum atomic E-state index is -0.242. The summed E-state index contributed by atoms with van der Waals surface area (Å²) in [4.78, 5) is 11.7. The molecule has 0 unspecified atom stereocenters. The van der Waals surface area contributed by atoms with E-state index in [9.17, 15) is 9.90 Å². The average Bonchev–Trinajstić information content (AvgIpc) is 2.49. The maximum absolute atomic E-state index is 11.7. The van der Waals surface area contributed by atoms with Gasteiger partial charge in [0.25, 0.3) is 5.91 Å². The molecule has 0 aromatic heterocycles. The molecule has 0 aliphatic rings. The molecule has 2 aromatic rings. The number of nitrogens with one attached hydrogen (secondary N) is 2. The zero-order valence-electron chi connectivity index (χ0n) is 11.3. The highest BCUT2D eigenvalue weighted by Gasteiger charge is 2.10. The Morgan fingerprint density at radius 2 is 2.10 bits per heavy atom. The number of phenolic OH excluding ortho intramolecular Hbond substituents is 1. The number of para-hydroxylation sites is 1. The van der Waals surface area contributed by atoms with Crippen LogP contribution in [0.5, 0.6) is 5.75 Å². The third kappa shape index (κ3) is 3.68. The Bertz CT molecular complexity index is 677. The van der Waals surface area contributed by atoms with Crippen LogP contribution in [0.1, 0.15) is 15.9 Å². The van der Waals surface area contributed by atoms with Gasteiger partial charge in [0.05, 0.1) is 15.1 Å². The lowest BCUT2D eigenvalue weighted by Crippen LogP contribution is -2.18. The predicted octanol–water partition coefficient (Wildman–Crippen LogP) is 3.78. The quantitative estimate of drug-likeness (QED) is 0.768. The molecule has 0 saturated heterocycles. The van der Waals surface area contributed by atoms with Crippen LogP contribution < -0.4 is 10.6 Å². The van der Waals surface area contributed by atoms with Gasteiger partial charge in [-0.05, 0) is 40.2 Å². The molecule has 0 heterocycles. The molecule has 6 heteroatoms. The topological polar surface area (TPSA) is 61.4 Å². The van der Waals surface area contributed by atoms with Crippen LogP contribution in [0, 0.1) is 0 Å². The summed E-state index contributed by atoms with van der Waals surface area (Å²) in [6, 6.07) is 10.6. The van der Waals surface area contributed by atoms with Crippen LogP contribution in [0.15, 0.2) is 40.9 Å². The molecule has 0 spiro atoms. The molecule has 2 aromatic carbocycles. The summed E-state index contributed by atoms with van der Waals surface area (Å²) < 4.78 is 0.643. The molecule has 2 rings (SSSR count). The highest BCUT2D eigenvalue weighted by Crippen LogP contribution is 2.28. The van der Waals surface area contributed by atoms with E-state index in [-0.39, 0.29) is 11.7 Å². The molecule has 110 valence electrons. The van der Waals surface area contributed by atoms with Gasteiger partial charge >= 0.3 is 0 Å². The second-order valence-corrected chi connectivity index (χ2v) is 5.64. The van der Waals surface area contributed by atoms with E-state index in [4.69, 9.17) is 11.6 Å². The van der Waals surface area contributed by atoms with Crippen molar-refractivity contribution in [2.75, 3.05) is 12.4 Å². The van der Waals surface area contributed by atoms with Gasteiger partial charge in [0, 0.05) is 24.8 Å². The fraction of sp³-hybridized carbons (Fsp3) is 0.133. The summed E-state index contributed by atoms with van der Waals surface area (Å²) in [5, 5.41) is 16.0. The molecule has 0 radical (unpaired) electrons. The molecule has 1 amide bonds. The molecule has 0 bridgehead atoms. The molecule has 0 aliphatic carbocycles. The number of phenols is 1. The summed E-state index contributed by atoms with van der Waals surface area (Å²) in [7, 11) is 1.55. The van der Waals surface area contributed by atoms with Crippen molar-refractivity contribution in [2.45, 2.75) is 6.54 Å². The van der Waals surface area contributed by atoms with Crippen molar-refractivity contribution in [1.29, 1.82) is 0 Å². The van der Waals surface area contributed by atoms with Gasteiger partial charge in [0.2, 0.25) is 0 Å². The van der Waals surface area contributed by atoms with Gasteiger partial charge in [-0.15, -0.1) is 0 Å². The van der Waals surface area contributed by atoms with Gasteiger partial charge in [-0.1, -0.05) is 23.7 Å². The minimum absolute atomic E-state index is 0.200. The predicted molar refractivity (Wildman–Crippen MR) is 88.0 cm³/mol. The Morgan fingerprint density at radius 1 is 1.33 bits per heavy atom. The van der Waals surface area contributed by atoms with E-state index in [2.05, 4.69) is 26.6 Å². The lowest BCUT2D eigenvalue weighted by molar-refractivity contribution is 0.0963. The number of anilines is 1. The number of aromatic hydroxyl groups is 1. The summed E-state index contributed by atoms with van der Waals surface area (Å²) in [5.74, 6) is -0.0422. The van der Waals surface area contributed by atoms with E-state index in [1.807, 2.05) is 12.1 Å². The number of benzene rings is 2. The average molecular weight is 370 g/mol. The van der Waals surface area contributed by atoms with E-state index in [0.717, 1.165) is 11.3 Å². The molecule has 0 saturated carbocycles. The van der Waals surface area contributed by atoms with Crippen LogP contribution in [0.25, 0.3) is 0 Å². The fourth-order valence-electron chi connectivity index (χ4n) is 1.84. The Balaban J connectivity index is 2.17. The number of amides is 1. The highest BCUT2D eigenvalue weighted by molar-refractivity contribution is 9.10. The largest absolute Gasteiger partial charge is 0.506 e. The molecule has 4 nitrogen and oxygen atoms in total. The molecule has 0 fully saturated rings. The smallest absolute Gasteiger partial charge is 0.252 e. The molecule has 21 heavy (non-hydrogen) atoms. The Hall–Kier alpha value is -1.72. The Labute approximate surface area is 136 Å². The van der Waals surface area contributed by atoms with Gasteiger partial charge in [0.15, 0.2) is 0 Å². The first kappa shape index (κ1) is 15.7. The second kappa shape index (κ2) is 6.83. The van der Waals surface area contributed by atoms with Gasteiger partial charge in [-0.2, -0.15) is 0 Å². The number of carbonyl (C=O) groups excluding carboxylic acids is 1. The zero-order valence-corrected chi connectivity index (χ0v) is 13.6. The molecule has 3 N–H and O–H groups in total. The summed E-state index contributed by atoms with van der Waals surface area (Å²) in [6.07, 6.45) is 0. The summed E-state index contributed by atoms with van der Waals surface area (Å²) >= 11 is 9.27. The van der Waals surface area contributed by atoms with Gasteiger partial charge < -0.3 is 15.7 Å². The van der Waals surface area contributed by atoms with Crippen LogP contribution in [0.2, 0.25) is 5.02 Å². The number of rotatable bonds is 4. The van der Waals surface area contributed by atoms with Crippen LogP contribution in [0.4, 0.5) is 5.69 Å². The normalized spacial score (nSPS) is 10.2. The van der Waals surface area contributed by atoms with Crippen molar-refractivity contribution in [1.82, 2.24) is 5.32 Å². The first-order chi connectivity index (χ1) is 10.0. The van der Waals surface area contributed by atoms with Crippen molar-refractivity contribution in [3.05, 3.63) is 57.0 Å².